The van der Waals surface area contributed by atoms with E-state index in [1.165, 1.54) is 33.9 Å². The Morgan fingerprint density at radius 1 is 0.892 bits per heavy atom. The first-order valence-corrected chi connectivity index (χ1v) is 13.2. The molecule has 1 heterocycles. The van der Waals surface area contributed by atoms with E-state index in [0.29, 0.717) is 16.3 Å². The maximum absolute atomic E-state index is 11.7. The van der Waals surface area contributed by atoms with E-state index >= 15 is 0 Å². The summed E-state index contributed by atoms with van der Waals surface area (Å²) in [4.78, 5) is 12.9. The van der Waals surface area contributed by atoms with Crippen molar-refractivity contribution in [3.8, 4) is 27.3 Å². The van der Waals surface area contributed by atoms with Crippen molar-refractivity contribution in [1.82, 2.24) is 0 Å². The quantitative estimate of drug-likeness (QED) is 0.216. The zero-order valence-corrected chi connectivity index (χ0v) is 22.1. The predicted molar refractivity (Wildman–Crippen MR) is 156 cm³/mol. The number of hydrogen-bond acceptors (Lipinski definition) is 3. The number of carboxylic acids is 1. The third-order valence-corrected chi connectivity index (χ3v) is 7.92. The Balaban J connectivity index is 1.42. The number of aromatic carboxylic acids is 1. The van der Waals surface area contributed by atoms with Crippen LogP contribution in [0.2, 0.25) is 5.02 Å². The molecule has 0 radical (unpaired) electrons. The number of carbonyl (C=O) groups is 1. The first kappa shape index (κ1) is 24.8. The molecular weight excluding hydrogens is 500 g/mol. The van der Waals surface area contributed by atoms with Gasteiger partial charge < -0.3 is 9.84 Å². The SMILES string of the molecule is CCc1ccc(-c2ccc3sc(-c4ccc(C=Cc5cccc(OC)c5C(=O)O)c(Cl)c4)cc3c2)cc1. The van der Waals surface area contributed by atoms with Crippen LogP contribution < -0.4 is 4.74 Å². The number of aryl methyl sites for hydroxylation is 1. The van der Waals surface area contributed by atoms with Crippen LogP contribution in [0.25, 0.3) is 43.8 Å². The van der Waals surface area contributed by atoms with Crippen LogP contribution in [0.1, 0.15) is 34.0 Å². The highest BCUT2D eigenvalue weighted by Crippen LogP contribution is 2.37. The Bertz CT molecular complexity index is 1630. The molecule has 5 aromatic rings. The lowest BCUT2D eigenvalue weighted by Gasteiger charge is -2.08. The molecule has 4 aromatic carbocycles. The molecule has 3 nitrogen and oxygen atoms in total. The van der Waals surface area contributed by atoms with Gasteiger partial charge in [-0.25, -0.2) is 4.79 Å². The Kier molecular flexibility index (Phi) is 7.13. The Hall–Kier alpha value is -3.86. The van der Waals surface area contributed by atoms with Crippen molar-refractivity contribution in [1.29, 1.82) is 0 Å². The fourth-order valence-corrected chi connectivity index (χ4v) is 5.66. The van der Waals surface area contributed by atoms with Gasteiger partial charge in [-0.3, -0.25) is 0 Å². The second kappa shape index (κ2) is 10.6. The van der Waals surface area contributed by atoms with Gasteiger partial charge in [-0.15, -0.1) is 11.3 Å². The molecule has 0 spiro atoms. The normalized spacial score (nSPS) is 11.3. The summed E-state index contributed by atoms with van der Waals surface area (Å²) >= 11 is 8.39. The molecule has 5 rings (SSSR count). The van der Waals surface area contributed by atoms with Gasteiger partial charge in [0.15, 0.2) is 0 Å². The first-order chi connectivity index (χ1) is 18.0. The smallest absolute Gasteiger partial charge is 0.340 e. The topological polar surface area (TPSA) is 46.5 Å². The number of fused-ring (bicyclic) bond motifs is 1. The predicted octanol–water partition coefficient (Wildman–Crippen LogP) is 9.33. The summed E-state index contributed by atoms with van der Waals surface area (Å²) in [6.45, 7) is 2.17. The van der Waals surface area contributed by atoms with Crippen LogP contribution in [0.5, 0.6) is 5.75 Å². The molecule has 0 fully saturated rings. The number of thiophene rings is 1. The van der Waals surface area contributed by atoms with E-state index in [9.17, 15) is 9.90 Å². The molecule has 0 saturated heterocycles. The van der Waals surface area contributed by atoms with E-state index < -0.39 is 5.97 Å². The van der Waals surface area contributed by atoms with Gasteiger partial charge in [0.25, 0.3) is 0 Å². The van der Waals surface area contributed by atoms with E-state index in [-0.39, 0.29) is 5.56 Å². The van der Waals surface area contributed by atoms with Gasteiger partial charge in [0.1, 0.15) is 11.3 Å². The number of methoxy groups -OCH3 is 1. The van der Waals surface area contributed by atoms with Crippen LogP contribution in [0, 0.1) is 0 Å². The summed E-state index contributed by atoms with van der Waals surface area (Å²) in [6, 6.07) is 28.7. The van der Waals surface area contributed by atoms with Gasteiger partial charge in [0, 0.05) is 14.6 Å². The van der Waals surface area contributed by atoms with Crippen LogP contribution in [0.4, 0.5) is 0 Å². The molecule has 0 saturated carbocycles. The molecule has 0 aliphatic rings. The van der Waals surface area contributed by atoms with Crippen molar-refractivity contribution < 1.29 is 14.6 Å². The third kappa shape index (κ3) is 5.17. The minimum atomic E-state index is -1.04. The lowest BCUT2D eigenvalue weighted by molar-refractivity contribution is 0.0693. The Labute approximate surface area is 225 Å². The average molecular weight is 525 g/mol. The highest BCUT2D eigenvalue weighted by atomic mass is 35.5. The molecular formula is C32H25ClO3S. The van der Waals surface area contributed by atoms with Crippen molar-refractivity contribution in [2.45, 2.75) is 13.3 Å². The molecule has 0 atom stereocenters. The van der Waals surface area contributed by atoms with Gasteiger partial charge in [-0.2, -0.15) is 0 Å². The summed E-state index contributed by atoms with van der Waals surface area (Å²) in [5, 5.41) is 11.4. The molecule has 0 aliphatic carbocycles. The van der Waals surface area contributed by atoms with Crippen LogP contribution in [0.15, 0.2) is 84.9 Å². The second-order valence-electron chi connectivity index (χ2n) is 8.71. The molecule has 0 unspecified atom stereocenters. The molecule has 184 valence electrons. The van der Waals surface area contributed by atoms with Crippen LogP contribution in [-0.4, -0.2) is 18.2 Å². The summed E-state index contributed by atoms with van der Waals surface area (Å²) in [6.07, 6.45) is 4.62. The van der Waals surface area contributed by atoms with Crippen molar-refractivity contribution in [2.75, 3.05) is 7.11 Å². The Morgan fingerprint density at radius 3 is 2.32 bits per heavy atom. The van der Waals surface area contributed by atoms with Gasteiger partial charge in [-0.05, 0) is 75.5 Å². The average Bonchev–Trinajstić information content (AvgIpc) is 3.35. The van der Waals surface area contributed by atoms with E-state index in [0.717, 1.165) is 22.4 Å². The molecule has 1 aromatic heterocycles. The molecule has 0 aliphatic heterocycles. The van der Waals surface area contributed by atoms with Crippen molar-refractivity contribution >= 4 is 51.1 Å². The Morgan fingerprint density at radius 2 is 1.62 bits per heavy atom. The minimum Gasteiger partial charge on any atom is -0.496 e. The number of halogens is 1. The summed E-state index contributed by atoms with van der Waals surface area (Å²) < 4.78 is 6.44. The molecule has 0 amide bonds. The van der Waals surface area contributed by atoms with Crippen molar-refractivity contribution in [3.05, 3.63) is 112 Å². The maximum atomic E-state index is 11.7. The number of hydrogen-bond donors (Lipinski definition) is 1. The summed E-state index contributed by atoms with van der Waals surface area (Å²) in [7, 11) is 1.46. The number of benzene rings is 4. The zero-order chi connectivity index (χ0) is 25.9. The fraction of sp³-hybridized carbons (Fsp3) is 0.0938. The van der Waals surface area contributed by atoms with E-state index in [1.807, 2.05) is 24.3 Å². The van der Waals surface area contributed by atoms with Gasteiger partial charge in [-0.1, -0.05) is 85.3 Å². The molecule has 5 heteroatoms. The van der Waals surface area contributed by atoms with Gasteiger partial charge in [0.2, 0.25) is 0 Å². The lowest BCUT2D eigenvalue weighted by Crippen LogP contribution is -2.03. The van der Waals surface area contributed by atoms with Gasteiger partial charge in [0.05, 0.1) is 7.11 Å². The van der Waals surface area contributed by atoms with Crippen molar-refractivity contribution in [2.24, 2.45) is 0 Å². The standard InChI is InChI=1S/C32H25ClO3S/c1-3-20-7-9-21(10-8-20)24-15-16-29-26(17-24)19-30(37-29)25-14-12-22(27(33)18-25)11-13-23-5-4-6-28(36-2)31(23)32(34)35/h4-19H,3H2,1-2H3,(H,34,35). The highest BCUT2D eigenvalue weighted by Gasteiger charge is 2.14. The number of ether oxygens (including phenoxy) is 1. The van der Waals surface area contributed by atoms with E-state index in [2.05, 4.69) is 55.5 Å². The zero-order valence-electron chi connectivity index (χ0n) is 20.5. The first-order valence-electron chi connectivity index (χ1n) is 12.0. The van der Waals surface area contributed by atoms with Gasteiger partial charge >= 0.3 is 5.97 Å². The van der Waals surface area contributed by atoms with E-state index in [1.54, 1.807) is 35.6 Å². The second-order valence-corrected chi connectivity index (χ2v) is 10.2. The lowest BCUT2D eigenvalue weighted by atomic mass is 10.0. The van der Waals surface area contributed by atoms with Crippen LogP contribution >= 0.6 is 22.9 Å². The maximum Gasteiger partial charge on any atom is 0.340 e. The van der Waals surface area contributed by atoms with E-state index in [4.69, 9.17) is 16.3 Å². The molecule has 1 N–H and O–H groups in total. The molecule has 0 bridgehead atoms. The largest absolute Gasteiger partial charge is 0.496 e. The summed E-state index contributed by atoms with van der Waals surface area (Å²) in [5.74, 6) is -0.716. The third-order valence-electron chi connectivity index (χ3n) is 6.43. The highest BCUT2D eigenvalue weighted by molar-refractivity contribution is 7.22. The fourth-order valence-electron chi connectivity index (χ4n) is 4.38. The minimum absolute atomic E-state index is 0.125. The summed E-state index contributed by atoms with van der Waals surface area (Å²) in [5.41, 5.74) is 6.29. The molecule has 37 heavy (non-hydrogen) atoms. The van der Waals surface area contributed by atoms with Crippen LogP contribution in [0.3, 0.4) is 0 Å². The number of carboxylic acid groups (broad SMARTS) is 1. The monoisotopic (exact) mass is 524 g/mol. The van der Waals surface area contributed by atoms with Crippen molar-refractivity contribution in [3.63, 3.8) is 0 Å². The number of rotatable bonds is 7. The van der Waals surface area contributed by atoms with Crippen LogP contribution in [-0.2, 0) is 6.42 Å².